The highest BCUT2D eigenvalue weighted by molar-refractivity contribution is 7.89. The van der Waals surface area contributed by atoms with Crippen molar-refractivity contribution in [2.75, 3.05) is 11.9 Å². The second kappa shape index (κ2) is 12.8. The summed E-state index contributed by atoms with van der Waals surface area (Å²) in [5, 5.41) is 11.1. The molecular formula is C30H33N5O5S. The monoisotopic (exact) mass is 575 g/mol. The fourth-order valence-corrected chi connectivity index (χ4v) is 4.40. The second-order valence-electron chi connectivity index (χ2n) is 10.3. The average Bonchev–Trinajstić information content (AvgIpc) is 2.91. The summed E-state index contributed by atoms with van der Waals surface area (Å²) in [6, 6.07) is 24.8. The first kappa shape index (κ1) is 29.5. The molecule has 0 bridgehead atoms. The quantitative estimate of drug-likeness (QED) is 0.238. The van der Waals surface area contributed by atoms with Gasteiger partial charge in [-0.05, 0) is 87.4 Å². The van der Waals surface area contributed by atoms with Gasteiger partial charge < -0.3 is 20.1 Å². The van der Waals surface area contributed by atoms with Crippen molar-refractivity contribution in [1.82, 2.24) is 15.3 Å². The first-order valence-corrected chi connectivity index (χ1v) is 14.5. The van der Waals surface area contributed by atoms with Crippen LogP contribution >= 0.6 is 0 Å². The number of nitrogens with zero attached hydrogens (tertiary/aromatic N) is 2. The molecule has 1 amide bonds. The fraction of sp³-hybridized carbons (Fsp3) is 0.233. The molecule has 4 N–H and O–H groups in total. The first-order valence-electron chi connectivity index (χ1n) is 12.9. The van der Waals surface area contributed by atoms with Crippen LogP contribution in [0.5, 0.6) is 5.75 Å². The van der Waals surface area contributed by atoms with Crippen molar-refractivity contribution in [3.63, 3.8) is 0 Å². The van der Waals surface area contributed by atoms with Crippen molar-refractivity contribution in [3.8, 4) is 17.0 Å². The van der Waals surface area contributed by atoms with Crippen LogP contribution in [0, 0.1) is 0 Å². The number of nitrogens with one attached hydrogen (secondary N) is 2. The lowest BCUT2D eigenvalue weighted by molar-refractivity contribution is 0.0487. The highest BCUT2D eigenvalue weighted by atomic mass is 32.2. The minimum Gasteiger partial charge on any atom is -0.491 e. The Bertz CT molecular complexity index is 1560. The minimum atomic E-state index is -3.77. The molecular weight excluding hydrogens is 542 g/mol. The van der Waals surface area contributed by atoms with E-state index in [1.54, 1.807) is 24.4 Å². The van der Waals surface area contributed by atoms with Crippen molar-refractivity contribution >= 4 is 27.8 Å². The topological polar surface area (TPSA) is 146 Å². The fourth-order valence-electron chi connectivity index (χ4n) is 3.88. The number of primary sulfonamides is 1. The zero-order valence-corrected chi connectivity index (χ0v) is 23.9. The molecule has 41 heavy (non-hydrogen) atoms. The lowest BCUT2D eigenvalue weighted by Crippen LogP contribution is -2.43. The Hall–Kier alpha value is -4.48. The smallest absolute Gasteiger partial charge is 0.408 e. The van der Waals surface area contributed by atoms with E-state index in [0.717, 1.165) is 11.1 Å². The van der Waals surface area contributed by atoms with Gasteiger partial charge in [-0.15, -0.1) is 0 Å². The van der Waals surface area contributed by atoms with Gasteiger partial charge in [-0.2, -0.15) is 0 Å². The van der Waals surface area contributed by atoms with E-state index in [4.69, 9.17) is 14.6 Å². The SMILES string of the molecule is CC(C)(C)OC(=O)NC(COc1ccc(-c2ccnc(Nc3ccc(S(N)(=O)=O)cc3)n2)cc1)Cc1ccccc1. The molecule has 1 heterocycles. The molecule has 0 aliphatic heterocycles. The van der Waals surface area contributed by atoms with Crippen LogP contribution in [0.3, 0.4) is 0 Å². The Morgan fingerprint density at radius 1 is 0.951 bits per heavy atom. The lowest BCUT2D eigenvalue weighted by atomic mass is 10.1. The van der Waals surface area contributed by atoms with Crippen LogP contribution < -0.4 is 20.5 Å². The number of carbonyl (C=O) groups is 1. The summed E-state index contributed by atoms with van der Waals surface area (Å²) in [5.41, 5.74) is 2.61. The second-order valence-corrected chi connectivity index (χ2v) is 11.9. The Labute approximate surface area is 240 Å². The van der Waals surface area contributed by atoms with Crippen LogP contribution in [0.1, 0.15) is 26.3 Å². The molecule has 0 aliphatic rings. The minimum absolute atomic E-state index is 0.0204. The third kappa shape index (κ3) is 9.30. The molecule has 3 aromatic carbocycles. The van der Waals surface area contributed by atoms with Crippen molar-refractivity contribution in [2.45, 2.75) is 43.7 Å². The van der Waals surface area contributed by atoms with Gasteiger partial charge in [0.25, 0.3) is 0 Å². The number of rotatable bonds is 10. The predicted octanol–water partition coefficient (Wildman–Crippen LogP) is 5.05. The van der Waals surface area contributed by atoms with Gasteiger partial charge in [0, 0.05) is 17.4 Å². The van der Waals surface area contributed by atoms with Crippen molar-refractivity contribution < 1.29 is 22.7 Å². The van der Waals surface area contributed by atoms with Crippen LogP contribution in [-0.4, -0.2) is 42.7 Å². The van der Waals surface area contributed by atoms with Gasteiger partial charge in [-0.1, -0.05) is 30.3 Å². The van der Waals surface area contributed by atoms with Crippen LogP contribution in [0.4, 0.5) is 16.4 Å². The maximum atomic E-state index is 12.4. The van der Waals surface area contributed by atoms with Gasteiger partial charge in [0.1, 0.15) is 18.0 Å². The predicted molar refractivity (Wildman–Crippen MR) is 157 cm³/mol. The molecule has 0 fully saturated rings. The lowest BCUT2D eigenvalue weighted by Gasteiger charge is -2.24. The van der Waals surface area contributed by atoms with E-state index in [1.165, 1.54) is 12.1 Å². The summed E-state index contributed by atoms with van der Waals surface area (Å²) in [5.74, 6) is 0.989. The van der Waals surface area contributed by atoms with Crippen LogP contribution in [-0.2, 0) is 21.2 Å². The van der Waals surface area contributed by atoms with E-state index in [2.05, 4.69) is 20.6 Å². The summed E-state index contributed by atoms with van der Waals surface area (Å²) < 4.78 is 34.4. The molecule has 10 nitrogen and oxygen atoms in total. The molecule has 1 atom stereocenters. The number of amides is 1. The summed E-state index contributed by atoms with van der Waals surface area (Å²) >= 11 is 0. The Morgan fingerprint density at radius 3 is 2.27 bits per heavy atom. The van der Waals surface area contributed by atoms with E-state index in [-0.39, 0.29) is 17.5 Å². The number of sulfonamides is 1. The summed E-state index contributed by atoms with van der Waals surface area (Å²) in [6.07, 6.45) is 1.72. The third-order valence-corrected chi connectivity index (χ3v) is 6.67. The number of anilines is 2. The molecule has 214 valence electrons. The highest BCUT2D eigenvalue weighted by Crippen LogP contribution is 2.23. The van der Waals surface area contributed by atoms with E-state index >= 15 is 0 Å². The van der Waals surface area contributed by atoms with Crippen LogP contribution in [0.15, 0.2) is 96.0 Å². The average molecular weight is 576 g/mol. The molecule has 0 saturated heterocycles. The Kier molecular flexibility index (Phi) is 9.21. The number of nitrogens with two attached hydrogens (primary N) is 1. The summed E-state index contributed by atoms with van der Waals surface area (Å²) in [7, 11) is -3.77. The standard InChI is InChI=1S/C30H33N5O5S/c1-30(2,3)40-29(36)34-24(19-21-7-5-4-6-8-21)20-39-25-13-9-22(10-14-25)27-17-18-32-28(35-27)33-23-11-15-26(16-12-23)41(31,37)38/h4-18,24H,19-20H2,1-3H3,(H,34,36)(H2,31,37,38)(H,32,33,35). The highest BCUT2D eigenvalue weighted by Gasteiger charge is 2.20. The number of alkyl carbamates (subject to hydrolysis) is 1. The normalized spacial score (nSPS) is 12.3. The largest absolute Gasteiger partial charge is 0.491 e. The maximum Gasteiger partial charge on any atom is 0.408 e. The molecule has 4 aromatic rings. The van der Waals surface area contributed by atoms with E-state index < -0.39 is 21.7 Å². The number of hydrogen-bond donors (Lipinski definition) is 3. The molecule has 11 heteroatoms. The number of benzene rings is 3. The number of ether oxygens (including phenoxy) is 2. The Morgan fingerprint density at radius 2 is 1.63 bits per heavy atom. The van der Waals surface area contributed by atoms with Crippen LogP contribution in [0.25, 0.3) is 11.3 Å². The van der Waals surface area contributed by atoms with Crippen LogP contribution in [0.2, 0.25) is 0 Å². The van der Waals surface area contributed by atoms with Gasteiger partial charge >= 0.3 is 6.09 Å². The molecule has 4 rings (SSSR count). The molecule has 0 radical (unpaired) electrons. The molecule has 1 unspecified atom stereocenters. The van der Waals surface area contributed by atoms with Crippen molar-refractivity contribution in [3.05, 3.63) is 96.7 Å². The third-order valence-electron chi connectivity index (χ3n) is 5.74. The molecule has 0 spiro atoms. The summed E-state index contributed by atoms with van der Waals surface area (Å²) in [4.78, 5) is 21.3. The number of aromatic nitrogens is 2. The summed E-state index contributed by atoms with van der Waals surface area (Å²) in [6.45, 7) is 5.71. The number of carbonyl (C=O) groups excluding carboxylic acids is 1. The van der Waals surface area contributed by atoms with E-state index in [1.807, 2.05) is 75.4 Å². The van der Waals surface area contributed by atoms with Crippen molar-refractivity contribution in [1.29, 1.82) is 0 Å². The Balaban J connectivity index is 1.40. The van der Waals surface area contributed by atoms with Gasteiger partial charge in [-0.25, -0.2) is 28.3 Å². The first-order chi connectivity index (χ1) is 19.4. The molecule has 0 aliphatic carbocycles. The maximum absolute atomic E-state index is 12.4. The van der Waals surface area contributed by atoms with Gasteiger partial charge in [0.05, 0.1) is 16.6 Å². The van der Waals surface area contributed by atoms with Gasteiger partial charge in [-0.3, -0.25) is 0 Å². The molecule has 0 saturated carbocycles. The zero-order valence-electron chi connectivity index (χ0n) is 23.1. The zero-order chi connectivity index (χ0) is 29.5. The van der Waals surface area contributed by atoms with Crippen molar-refractivity contribution in [2.24, 2.45) is 5.14 Å². The van der Waals surface area contributed by atoms with E-state index in [0.29, 0.717) is 29.5 Å². The van der Waals surface area contributed by atoms with E-state index in [9.17, 15) is 13.2 Å². The molecule has 1 aromatic heterocycles. The van der Waals surface area contributed by atoms with Gasteiger partial charge in [0.15, 0.2) is 0 Å². The van der Waals surface area contributed by atoms with Gasteiger partial charge in [0.2, 0.25) is 16.0 Å². The number of hydrogen-bond acceptors (Lipinski definition) is 8.